The van der Waals surface area contributed by atoms with Crippen molar-refractivity contribution in [3.05, 3.63) is 0 Å². The van der Waals surface area contributed by atoms with E-state index in [0.717, 1.165) is 18.9 Å². The smallest absolute Gasteiger partial charge is 0.108 e. The van der Waals surface area contributed by atoms with Gasteiger partial charge in [-0.15, -0.1) is 0 Å². The summed E-state index contributed by atoms with van der Waals surface area (Å²) < 4.78 is 5.56. The fourth-order valence-electron chi connectivity index (χ4n) is 1.24. The van der Waals surface area contributed by atoms with Crippen LogP contribution in [0.25, 0.3) is 0 Å². The second kappa shape index (κ2) is 3.35. The van der Waals surface area contributed by atoms with Crippen LogP contribution in [0.5, 0.6) is 0 Å². The lowest BCUT2D eigenvalue weighted by Crippen LogP contribution is -2.23. The molecule has 1 rings (SSSR count). The molecule has 1 aliphatic heterocycles. The summed E-state index contributed by atoms with van der Waals surface area (Å²) in [6.45, 7) is 7.55. The normalized spacial score (nSPS) is 33.6. The van der Waals surface area contributed by atoms with Crippen LogP contribution >= 0.6 is 0 Å². The average Bonchev–Trinajstić information content (AvgIpc) is 2.13. The van der Waals surface area contributed by atoms with Crippen molar-refractivity contribution in [3.63, 3.8) is 0 Å². The molecule has 0 aromatic carbocycles. The Balaban J connectivity index is 2.18. The summed E-state index contributed by atoms with van der Waals surface area (Å²) in [5.41, 5.74) is 0. The maximum Gasteiger partial charge on any atom is 0.108 e. The van der Waals surface area contributed by atoms with Crippen LogP contribution in [0.4, 0.5) is 0 Å². The molecule has 1 aliphatic rings. The maximum atomic E-state index is 5.56. The lowest BCUT2D eigenvalue weighted by molar-refractivity contribution is 0.0387. The molecule has 0 bridgehead atoms. The highest BCUT2D eigenvalue weighted by Crippen LogP contribution is 2.12. The number of ether oxygens (including phenoxy) is 1. The molecule has 0 radical (unpaired) electrons. The average molecular weight is 143 g/mol. The third-order valence-corrected chi connectivity index (χ3v) is 1.72. The number of hydrogen-bond acceptors (Lipinski definition) is 2. The Bertz CT molecular complexity index is 103. The molecule has 2 nitrogen and oxygen atoms in total. The van der Waals surface area contributed by atoms with E-state index in [9.17, 15) is 0 Å². The summed E-state index contributed by atoms with van der Waals surface area (Å²) >= 11 is 0. The minimum absolute atomic E-state index is 0.315. The fraction of sp³-hybridized carbons (Fsp3) is 1.00. The van der Waals surface area contributed by atoms with E-state index in [1.54, 1.807) is 0 Å². The molecule has 60 valence electrons. The first-order valence-corrected chi connectivity index (χ1v) is 4.07. The highest BCUT2D eigenvalue weighted by Gasteiger charge is 2.20. The second-order valence-corrected chi connectivity index (χ2v) is 3.47. The van der Waals surface area contributed by atoms with Crippen molar-refractivity contribution in [2.45, 2.75) is 39.5 Å². The first-order chi connectivity index (χ1) is 4.68. The molecule has 0 saturated carbocycles. The molecule has 0 amide bonds. The molecule has 2 heteroatoms. The Morgan fingerprint density at radius 2 is 2.30 bits per heavy atom. The van der Waals surface area contributed by atoms with Crippen LogP contribution < -0.4 is 5.32 Å². The van der Waals surface area contributed by atoms with E-state index in [4.69, 9.17) is 4.74 Å². The zero-order chi connectivity index (χ0) is 7.56. The summed E-state index contributed by atoms with van der Waals surface area (Å²) in [4.78, 5) is 0. The van der Waals surface area contributed by atoms with Crippen LogP contribution in [-0.2, 0) is 4.74 Å². The van der Waals surface area contributed by atoms with Gasteiger partial charge in [0.1, 0.15) is 6.23 Å². The van der Waals surface area contributed by atoms with E-state index in [1.165, 1.54) is 0 Å². The minimum Gasteiger partial charge on any atom is -0.359 e. The Morgan fingerprint density at radius 1 is 1.60 bits per heavy atom. The highest BCUT2D eigenvalue weighted by molar-refractivity contribution is 4.70. The quantitative estimate of drug-likeness (QED) is 0.630. The van der Waals surface area contributed by atoms with Gasteiger partial charge < -0.3 is 4.74 Å². The first-order valence-electron chi connectivity index (χ1n) is 4.07. The van der Waals surface area contributed by atoms with Gasteiger partial charge in [-0.05, 0) is 19.3 Å². The van der Waals surface area contributed by atoms with Crippen LogP contribution in [0.2, 0.25) is 0 Å². The van der Waals surface area contributed by atoms with Gasteiger partial charge in [0.15, 0.2) is 0 Å². The molecular weight excluding hydrogens is 126 g/mol. The van der Waals surface area contributed by atoms with Crippen LogP contribution in [-0.4, -0.2) is 18.9 Å². The molecule has 0 aromatic rings. The molecule has 10 heavy (non-hydrogen) atoms. The molecule has 1 N–H and O–H groups in total. The van der Waals surface area contributed by atoms with Crippen LogP contribution in [0.3, 0.4) is 0 Å². The van der Waals surface area contributed by atoms with Gasteiger partial charge in [0.25, 0.3) is 0 Å². The SMILES string of the molecule is CC(C)CC1NCC(C)O1. The summed E-state index contributed by atoms with van der Waals surface area (Å²) in [5.74, 6) is 0.725. The van der Waals surface area contributed by atoms with Crippen LogP contribution in [0, 0.1) is 5.92 Å². The molecule has 2 atom stereocenters. The largest absolute Gasteiger partial charge is 0.359 e. The second-order valence-electron chi connectivity index (χ2n) is 3.47. The summed E-state index contributed by atoms with van der Waals surface area (Å²) in [7, 11) is 0. The monoisotopic (exact) mass is 143 g/mol. The predicted octanol–water partition coefficient (Wildman–Crippen LogP) is 1.37. The topological polar surface area (TPSA) is 21.3 Å². The lowest BCUT2D eigenvalue weighted by Gasteiger charge is -2.12. The molecule has 1 fully saturated rings. The number of nitrogens with one attached hydrogen (secondary N) is 1. The van der Waals surface area contributed by atoms with Crippen LogP contribution in [0.15, 0.2) is 0 Å². The molecule has 0 aliphatic carbocycles. The van der Waals surface area contributed by atoms with Gasteiger partial charge in [0.05, 0.1) is 6.10 Å². The zero-order valence-corrected chi connectivity index (χ0v) is 7.05. The van der Waals surface area contributed by atoms with Gasteiger partial charge in [0.2, 0.25) is 0 Å². The van der Waals surface area contributed by atoms with E-state index < -0.39 is 0 Å². The van der Waals surface area contributed by atoms with E-state index in [2.05, 4.69) is 26.1 Å². The number of hydrogen-bond donors (Lipinski definition) is 1. The molecule has 2 unspecified atom stereocenters. The van der Waals surface area contributed by atoms with Crippen molar-refractivity contribution in [3.8, 4) is 0 Å². The van der Waals surface area contributed by atoms with Gasteiger partial charge >= 0.3 is 0 Å². The summed E-state index contributed by atoms with van der Waals surface area (Å²) in [6.07, 6.45) is 1.85. The molecule has 0 spiro atoms. The Labute approximate surface area is 63.0 Å². The van der Waals surface area contributed by atoms with Crippen molar-refractivity contribution in [1.29, 1.82) is 0 Å². The van der Waals surface area contributed by atoms with E-state index in [1.807, 2.05) is 0 Å². The third kappa shape index (κ3) is 2.27. The molecule has 1 heterocycles. The van der Waals surface area contributed by atoms with Crippen molar-refractivity contribution < 1.29 is 4.74 Å². The van der Waals surface area contributed by atoms with Crippen molar-refractivity contribution >= 4 is 0 Å². The number of rotatable bonds is 2. The van der Waals surface area contributed by atoms with E-state index >= 15 is 0 Å². The summed E-state index contributed by atoms with van der Waals surface area (Å²) in [6, 6.07) is 0. The third-order valence-electron chi connectivity index (χ3n) is 1.72. The van der Waals surface area contributed by atoms with Crippen LogP contribution in [0.1, 0.15) is 27.2 Å². The zero-order valence-electron chi connectivity index (χ0n) is 7.05. The Morgan fingerprint density at radius 3 is 2.70 bits per heavy atom. The van der Waals surface area contributed by atoms with Gasteiger partial charge in [-0.2, -0.15) is 0 Å². The molecule has 1 saturated heterocycles. The van der Waals surface area contributed by atoms with Gasteiger partial charge in [-0.1, -0.05) is 13.8 Å². The lowest BCUT2D eigenvalue weighted by atomic mass is 10.1. The minimum atomic E-state index is 0.315. The van der Waals surface area contributed by atoms with Gasteiger partial charge in [-0.25, -0.2) is 0 Å². The molecule has 0 aromatic heterocycles. The Kier molecular flexibility index (Phi) is 2.69. The Hall–Kier alpha value is -0.0800. The first kappa shape index (κ1) is 8.02. The molecular formula is C8H17NO. The van der Waals surface area contributed by atoms with E-state index in [0.29, 0.717) is 12.3 Å². The van der Waals surface area contributed by atoms with Crippen molar-refractivity contribution in [2.24, 2.45) is 5.92 Å². The van der Waals surface area contributed by atoms with Gasteiger partial charge in [-0.3, -0.25) is 5.32 Å². The van der Waals surface area contributed by atoms with Crippen molar-refractivity contribution in [2.75, 3.05) is 6.54 Å². The standard InChI is InChI=1S/C8H17NO/c1-6(2)4-8-9-5-7(3)10-8/h6-9H,4-5H2,1-3H3. The van der Waals surface area contributed by atoms with Gasteiger partial charge in [0, 0.05) is 6.54 Å². The fourth-order valence-corrected chi connectivity index (χ4v) is 1.24. The summed E-state index contributed by atoms with van der Waals surface area (Å²) in [5, 5.41) is 3.32. The maximum absolute atomic E-state index is 5.56. The highest BCUT2D eigenvalue weighted by atomic mass is 16.5. The van der Waals surface area contributed by atoms with Crippen molar-refractivity contribution in [1.82, 2.24) is 5.32 Å². The predicted molar refractivity (Wildman–Crippen MR) is 41.8 cm³/mol. The van der Waals surface area contributed by atoms with E-state index in [-0.39, 0.29) is 0 Å².